The summed E-state index contributed by atoms with van der Waals surface area (Å²) < 4.78 is 14.0. The molecule has 3 rings (SSSR count). The van der Waals surface area contributed by atoms with Crippen molar-refractivity contribution in [2.75, 3.05) is 50.7 Å². The van der Waals surface area contributed by atoms with Gasteiger partial charge in [0.25, 0.3) is 0 Å². The minimum Gasteiger partial charge on any atom is -0.367 e. The van der Waals surface area contributed by atoms with E-state index in [0.29, 0.717) is 6.54 Å². The summed E-state index contributed by atoms with van der Waals surface area (Å²) in [5.41, 5.74) is 1.81. The van der Waals surface area contributed by atoms with E-state index in [4.69, 9.17) is 0 Å². The largest absolute Gasteiger partial charge is 0.367 e. The lowest BCUT2D eigenvalue weighted by molar-refractivity contribution is 0.254. The van der Waals surface area contributed by atoms with E-state index in [1.807, 2.05) is 19.1 Å². The van der Waals surface area contributed by atoms with E-state index < -0.39 is 0 Å². The average Bonchev–Trinajstić information content (AvgIpc) is 3.07. The van der Waals surface area contributed by atoms with Crippen LogP contribution in [-0.2, 0) is 6.54 Å². The molecule has 9 heteroatoms. The molecular formula is C22H34FIN6S. The second-order valence-corrected chi connectivity index (χ2v) is 8.79. The number of halogens is 2. The van der Waals surface area contributed by atoms with Crippen LogP contribution < -0.4 is 15.5 Å². The summed E-state index contributed by atoms with van der Waals surface area (Å²) in [6.45, 7) is 13.2. The molecule has 2 heterocycles. The lowest BCUT2D eigenvalue weighted by atomic mass is 10.2. The van der Waals surface area contributed by atoms with Crippen LogP contribution in [0.3, 0.4) is 0 Å². The second-order valence-electron chi connectivity index (χ2n) is 7.50. The topological polar surface area (TPSA) is 55.8 Å². The molecule has 1 aliphatic rings. The summed E-state index contributed by atoms with van der Waals surface area (Å²) >= 11 is 1.71. The van der Waals surface area contributed by atoms with Gasteiger partial charge in [0.1, 0.15) is 10.8 Å². The number of aromatic nitrogens is 1. The molecule has 2 N–H and O–H groups in total. The molecule has 31 heavy (non-hydrogen) atoms. The highest BCUT2D eigenvalue weighted by Crippen LogP contribution is 2.20. The van der Waals surface area contributed by atoms with E-state index in [1.54, 1.807) is 17.4 Å². The highest BCUT2D eigenvalue weighted by molar-refractivity contribution is 14.0. The zero-order valence-electron chi connectivity index (χ0n) is 18.7. The Morgan fingerprint density at radius 3 is 2.55 bits per heavy atom. The molecule has 0 saturated carbocycles. The lowest BCUT2D eigenvalue weighted by Crippen LogP contribution is -2.47. The standard InChI is InChI=1S/C22H33FN6S.HI/c1-4-24-22(26-16-21-27-17(2)18(3)30-21)25-10-7-11-28-12-14-29(15-13-28)20-9-6-5-8-19(20)23;/h5-6,8-9H,4,7,10-16H2,1-3H3,(H2,24,25,26);1H. The van der Waals surface area contributed by atoms with E-state index in [-0.39, 0.29) is 29.8 Å². The lowest BCUT2D eigenvalue weighted by Gasteiger charge is -2.36. The average molecular weight is 561 g/mol. The molecule has 6 nitrogen and oxygen atoms in total. The van der Waals surface area contributed by atoms with Crippen molar-refractivity contribution in [3.05, 3.63) is 45.7 Å². The molecule has 1 fully saturated rings. The maximum Gasteiger partial charge on any atom is 0.191 e. The van der Waals surface area contributed by atoms with Crippen LogP contribution in [0.25, 0.3) is 0 Å². The predicted octanol–water partition coefficient (Wildman–Crippen LogP) is 3.78. The Balaban J connectivity index is 0.00000341. The summed E-state index contributed by atoms with van der Waals surface area (Å²) in [7, 11) is 0. The minimum atomic E-state index is -0.131. The van der Waals surface area contributed by atoms with Crippen molar-refractivity contribution >= 4 is 47.0 Å². The third-order valence-corrected chi connectivity index (χ3v) is 6.36. The third-order valence-electron chi connectivity index (χ3n) is 5.30. The first-order valence-electron chi connectivity index (χ1n) is 10.7. The van der Waals surface area contributed by atoms with Crippen molar-refractivity contribution in [1.82, 2.24) is 20.5 Å². The molecule has 0 bridgehead atoms. The van der Waals surface area contributed by atoms with Crippen molar-refractivity contribution in [2.24, 2.45) is 4.99 Å². The molecule has 0 unspecified atom stereocenters. The van der Waals surface area contributed by atoms with Crippen LogP contribution >= 0.6 is 35.3 Å². The Morgan fingerprint density at radius 2 is 1.90 bits per heavy atom. The normalized spacial score (nSPS) is 15.0. The number of nitrogens with zero attached hydrogens (tertiary/aromatic N) is 4. The molecule has 2 aromatic rings. The van der Waals surface area contributed by atoms with E-state index in [9.17, 15) is 4.39 Å². The molecule has 0 amide bonds. The fourth-order valence-corrected chi connectivity index (χ4v) is 4.38. The molecule has 172 valence electrons. The van der Waals surface area contributed by atoms with E-state index in [1.165, 1.54) is 10.9 Å². The Bertz CT molecular complexity index is 816. The second kappa shape index (κ2) is 13.2. The van der Waals surface area contributed by atoms with Gasteiger partial charge in [-0.1, -0.05) is 12.1 Å². The third kappa shape index (κ3) is 7.87. The van der Waals surface area contributed by atoms with Crippen LogP contribution in [0, 0.1) is 19.7 Å². The summed E-state index contributed by atoms with van der Waals surface area (Å²) in [5.74, 6) is 0.709. The molecule has 0 radical (unpaired) electrons. The number of aryl methyl sites for hydroxylation is 2. The van der Waals surface area contributed by atoms with Crippen LogP contribution in [0.2, 0.25) is 0 Å². The zero-order chi connectivity index (χ0) is 21.3. The van der Waals surface area contributed by atoms with Crippen molar-refractivity contribution in [2.45, 2.75) is 33.7 Å². The number of rotatable bonds is 8. The van der Waals surface area contributed by atoms with Crippen LogP contribution in [0.4, 0.5) is 10.1 Å². The van der Waals surface area contributed by atoms with Crippen LogP contribution in [0.5, 0.6) is 0 Å². The fraction of sp³-hybridized carbons (Fsp3) is 0.545. The highest BCUT2D eigenvalue weighted by Gasteiger charge is 2.18. The quantitative estimate of drug-likeness (QED) is 0.223. The number of aliphatic imine (C=N–C) groups is 1. The number of hydrogen-bond acceptors (Lipinski definition) is 5. The molecular weight excluding hydrogens is 526 g/mol. The zero-order valence-corrected chi connectivity index (χ0v) is 21.8. The molecule has 0 spiro atoms. The van der Waals surface area contributed by atoms with Gasteiger partial charge in [-0.25, -0.2) is 14.4 Å². The van der Waals surface area contributed by atoms with Crippen molar-refractivity contribution in [3.8, 4) is 0 Å². The number of anilines is 1. The van der Waals surface area contributed by atoms with Gasteiger partial charge in [-0.2, -0.15) is 0 Å². The van der Waals surface area contributed by atoms with Gasteiger partial charge in [-0.05, 0) is 45.9 Å². The van der Waals surface area contributed by atoms with Crippen LogP contribution in [-0.4, -0.2) is 61.7 Å². The number of para-hydroxylation sites is 1. The van der Waals surface area contributed by atoms with E-state index >= 15 is 0 Å². The SMILES string of the molecule is CCNC(=NCc1nc(C)c(C)s1)NCCCN1CCN(c2ccccc2F)CC1.I. The maximum atomic E-state index is 14.0. The predicted molar refractivity (Wildman–Crippen MR) is 139 cm³/mol. The van der Waals surface area contributed by atoms with Gasteiger partial charge < -0.3 is 15.5 Å². The first-order chi connectivity index (χ1) is 14.6. The highest BCUT2D eigenvalue weighted by atomic mass is 127. The number of guanidine groups is 1. The van der Waals surface area contributed by atoms with Gasteiger partial charge in [0.05, 0.1) is 17.9 Å². The minimum absolute atomic E-state index is 0. The smallest absolute Gasteiger partial charge is 0.191 e. The number of hydrogen-bond donors (Lipinski definition) is 2. The molecule has 1 saturated heterocycles. The van der Waals surface area contributed by atoms with Crippen LogP contribution in [0.1, 0.15) is 28.9 Å². The van der Waals surface area contributed by atoms with Crippen LogP contribution in [0.15, 0.2) is 29.3 Å². The summed E-state index contributed by atoms with van der Waals surface area (Å²) in [6.07, 6.45) is 1.04. The Morgan fingerprint density at radius 1 is 1.16 bits per heavy atom. The molecule has 1 aromatic heterocycles. The van der Waals surface area contributed by atoms with Crippen molar-refractivity contribution in [1.29, 1.82) is 0 Å². The molecule has 1 aromatic carbocycles. The van der Waals surface area contributed by atoms with Gasteiger partial charge in [0.2, 0.25) is 0 Å². The Hall–Kier alpha value is -1.46. The van der Waals surface area contributed by atoms with Gasteiger partial charge in [0.15, 0.2) is 5.96 Å². The van der Waals surface area contributed by atoms with Gasteiger partial charge >= 0.3 is 0 Å². The first-order valence-corrected chi connectivity index (χ1v) is 11.6. The molecule has 1 aliphatic heterocycles. The number of nitrogens with one attached hydrogen (secondary N) is 2. The number of piperazine rings is 1. The monoisotopic (exact) mass is 560 g/mol. The first kappa shape index (κ1) is 25.8. The maximum absolute atomic E-state index is 14.0. The van der Waals surface area contributed by atoms with E-state index in [0.717, 1.165) is 74.6 Å². The van der Waals surface area contributed by atoms with Crippen molar-refractivity contribution in [3.63, 3.8) is 0 Å². The Kier molecular flexibility index (Phi) is 11.0. The fourth-order valence-electron chi connectivity index (χ4n) is 3.53. The molecule has 0 atom stereocenters. The number of benzene rings is 1. The Labute approximate surface area is 206 Å². The number of thiazole rings is 1. The van der Waals surface area contributed by atoms with Gasteiger partial charge in [-0.3, -0.25) is 4.90 Å². The molecule has 0 aliphatic carbocycles. The van der Waals surface area contributed by atoms with E-state index in [2.05, 4.69) is 44.3 Å². The summed E-state index contributed by atoms with van der Waals surface area (Å²) in [4.78, 5) is 15.1. The summed E-state index contributed by atoms with van der Waals surface area (Å²) in [5, 5.41) is 7.78. The van der Waals surface area contributed by atoms with Gasteiger partial charge in [-0.15, -0.1) is 35.3 Å². The van der Waals surface area contributed by atoms with Gasteiger partial charge in [0, 0.05) is 44.1 Å². The van der Waals surface area contributed by atoms with Crippen molar-refractivity contribution < 1.29 is 4.39 Å². The summed E-state index contributed by atoms with van der Waals surface area (Å²) in [6, 6.07) is 7.04.